The lowest BCUT2D eigenvalue weighted by molar-refractivity contribution is 0.280. The van der Waals surface area contributed by atoms with Crippen molar-refractivity contribution in [3.05, 3.63) is 54.6 Å². The second kappa shape index (κ2) is 12.7. The van der Waals surface area contributed by atoms with Crippen LogP contribution in [0.5, 0.6) is 0 Å². The maximum absolute atomic E-state index is 4.33. The van der Waals surface area contributed by atoms with Crippen molar-refractivity contribution in [2.75, 3.05) is 0 Å². The fourth-order valence-electron chi connectivity index (χ4n) is 4.12. The number of hydrogen-bond acceptors (Lipinski definition) is 1. The van der Waals surface area contributed by atoms with Gasteiger partial charge in [-0.05, 0) is 30.7 Å². The molecule has 144 valence electrons. The van der Waals surface area contributed by atoms with Gasteiger partial charge in [-0.2, -0.15) is 0 Å². The summed E-state index contributed by atoms with van der Waals surface area (Å²) in [4.78, 5) is 4.33. The molecule has 0 N–H and O–H groups in total. The number of aromatic nitrogens is 2. The molecule has 0 saturated heterocycles. The topological polar surface area (TPSA) is 17.8 Å². The largest absolute Gasteiger partial charge is 0.334 e. The number of unbranched alkanes of at least 4 members (excludes halogenated alkanes) is 6. The summed E-state index contributed by atoms with van der Waals surface area (Å²) in [6.45, 7) is 4.60. The van der Waals surface area contributed by atoms with Gasteiger partial charge in [0.25, 0.3) is 0 Å². The van der Waals surface area contributed by atoms with E-state index in [0.717, 1.165) is 0 Å². The first-order valence-electron chi connectivity index (χ1n) is 10.9. The molecule has 1 heterocycles. The molecule has 0 saturated carbocycles. The van der Waals surface area contributed by atoms with Crippen molar-refractivity contribution in [1.29, 1.82) is 0 Å². The Kier molecular flexibility index (Phi) is 10.2. The van der Waals surface area contributed by atoms with Crippen LogP contribution in [0.15, 0.2) is 49.1 Å². The van der Waals surface area contributed by atoms with E-state index in [4.69, 9.17) is 0 Å². The highest BCUT2D eigenvalue weighted by Gasteiger charge is 2.22. The van der Waals surface area contributed by atoms with Crippen molar-refractivity contribution in [3.8, 4) is 0 Å². The summed E-state index contributed by atoms with van der Waals surface area (Å²) in [5.74, 6) is 0.691. The third-order valence-corrected chi connectivity index (χ3v) is 5.56. The molecule has 0 radical (unpaired) electrons. The summed E-state index contributed by atoms with van der Waals surface area (Å²) in [6, 6.07) is 11.6. The highest BCUT2D eigenvalue weighted by atomic mass is 15.1. The van der Waals surface area contributed by atoms with Crippen LogP contribution in [0, 0.1) is 5.92 Å². The summed E-state index contributed by atoms with van der Waals surface area (Å²) in [5, 5.41) is 0. The van der Waals surface area contributed by atoms with E-state index in [-0.39, 0.29) is 0 Å². The third-order valence-electron chi connectivity index (χ3n) is 5.56. The standard InChI is InChI=1S/C24H38N2/c1-3-5-6-7-8-9-13-17-24(26-19-18-25-21-26)23(14-4-2)20-22-15-11-10-12-16-22/h10-12,15-16,18-19,21,23-24H,3-9,13-14,17,20H2,1-2H3. The third kappa shape index (κ3) is 7.35. The molecule has 0 bridgehead atoms. The molecule has 1 aromatic carbocycles. The van der Waals surface area contributed by atoms with Gasteiger partial charge in [0.2, 0.25) is 0 Å². The van der Waals surface area contributed by atoms with Crippen molar-refractivity contribution >= 4 is 0 Å². The average molecular weight is 355 g/mol. The molecule has 0 aliphatic rings. The Hall–Kier alpha value is -1.57. The van der Waals surface area contributed by atoms with E-state index in [1.165, 1.54) is 76.2 Å². The molecule has 0 aliphatic carbocycles. The lowest BCUT2D eigenvalue weighted by Gasteiger charge is -2.28. The normalized spacial score (nSPS) is 13.6. The summed E-state index contributed by atoms with van der Waals surface area (Å²) in [7, 11) is 0. The Morgan fingerprint density at radius 3 is 2.23 bits per heavy atom. The Labute approximate surface area is 161 Å². The fourth-order valence-corrected chi connectivity index (χ4v) is 4.12. The van der Waals surface area contributed by atoms with Gasteiger partial charge in [-0.1, -0.05) is 95.5 Å². The van der Waals surface area contributed by atoms with Crippen LogP contribution >= 0.6 is 0 Å². The lowest BCUT2D eigenvalue weighted by atomic mass is 9.85. The van der Waals surface area contributed by atoms with Crippen LogP contribution in [0.2, 0.25) is 0 Å². The number of imidazole rings is 1. The zero-order chi connectivity index (χ0) is 18.5. The fraction of sp³-hybridized carbons (Fsp3) is 0.625. The first-order valence-corrected chi connectivity index (χ1v) is 10.9. The number of hydrogen-bond donors (Lipinski definition) is 0. The smallest absolute Gasteiger partial charge is 0.0948 e. The van der Waals surface area contributed by atoms with E-state index in [1.807, 2.05) is 12.5 Å². The number of rotatable bonds is 14. The molecule has 2 heteroatoms. The van der Waals surface area contributed by atoms with Crippen LogP contribution in [0.1, 0.15) is 89.7 Å². The van der Waals surface area contributed by atoms with Crippen LogP contribution in [0.25, 0.3) is 0 Å². The van der Waals surface area contributed by atoms with Gasteiger partial charge >= 0.3 is 0 Å². The van der Waals surface area contributed by atoms with Crippen LogP contribution in [0.4, 0.5) is 0 Å². The van der Waals surface area contributed by atoms with E-state index in [0.29, 0.717) is 12.0 Å². The lowest BCUT2D eigenvalue weighted by Crippen LogP contribution is -2.21. The first kappa shape index (κ1) is 20.7. The first-order chi connectivity index (χ1) is 12.8. The van der Waals surface area contributed by atoms with Crippen molar-refractivity contribution < 1.29 is 0 Å². The quantitative estimate of drug-likeness (QED) is 0.327. The van der Waals surface area contributed by atoms with Gasteiger partial charge in [0.1, 0.15) is 0 Å². The number of benzene rings is 1. The van der Waals surface area contributed by atoms with E-state index in [1.54, 1.807) is 0 Å². The molecule has 0 amide bonds. The summed E-state index contributed by atoms with van der Waals surface area (Å²) >= 11 is 0. The Morgan fingerprint density at radius 2 is 1.58 bits per heavy atom. The minimum atomic E-state index is 0.577. The highest BCUT2D eigenvalue weighted by Crippen LogP contribution is 2.31. The van der Waals surface area contributed by atoms with Gasteiger partial charge in [-0.25, -0.2) is 4.98 Å². The van der Waals surface area contributed by atoms with Crippen molar-refractivity contribution in [3.63, 3.8) is 0 Å². The van der Waals surface area contributed by atoms with Gasteiger partial charge in [0.05, 0.1) is 6.33 Å². The second-order valence-corrected chi connectivity index (χ2v) is 7.73. The molecule has 2 atom stereocenters. The van der Waals surface area contributed by atoms with E-state index in [2.05, 4.69) is 59.9 Å². The Balaban J connectivity index is 1.93. The summed E-state index contributed by atoms with van der Waals surface area (Å²) in [5.41, 5.74) is 1.47. The maximum atomic E-state index is 4.33. The molecule has 2 unspecified atom stereocenters. The predicted octanol–water partition coefficient (Wildman–Crippen LogP) is 7.22. The minimum absolute atomic E-state index is 0.577. The second-order valence-electron chi connectivity index (χ2n) is 7.73. The van der Waals surface area contributed by atoms with Crippen molar-refractivity contribution in [2.45, 2.75) is 90.5 Å². The summed E-state index contributed by atoms with van der Waals surface area (Å²) in [6.07, 6.45) is 20.8. The molecule has 2 nitrogen and oxygen atoms in total. The average Bonchev–Trinajstić information content (AvgIpc) is 3.19. The molecule has 0 spiro atoms. The van der Waals surface area contributed by atoms with Crippen LogP contribution in [-0.2, 0) is 6.42 Å². The van der Waals surface area contributed by atoms with E-state index in [9.17, 15) is 0 Å². The zero-order valence-corrected chi connectivity index (χ0v) is 16.9. The molecule has 0 fully saturated rings. The van der Waals surface area contributed by atoms with Crippen LogP contribution < -0.4 is 0 Å². The van der Waals surface area contributed by atoms with Gasteiger partial charge in [-0.3, -0.25) is 0 Å². The molecule has 26 heavy (non-hydrogen) atoms. The Morgan fingerprint density at radius 1 is 0.846 bits per heavy atom. The zero-order valence-electron chi connectivity index (χ0n) is 16.9. The van der Waals surface area contributed by atoms with Crippen LogP contribution in [-0.4, -0.2) is 9.55 Å². The molecule has 0 aliphatic heterocycles. The number of nitrogens with zero attached hydrogens (tertiary/aromatic N) is 2. The van der Waals surface area contributed by atoms with Gasteiger partial charge in [0, 0.05) is 18.4 Å². The maximum Gasteiger partial charge on any atom is 0.0948 e. The van der Waals surface area contributed by atoms with Crippen molar-refractivity contribution in [1.82, 2.24) is 9.55 Å². The molecule has 2 aromatic rings. The highest BCUT2D eigenvalue weighted by molar-refractivity contribution is 5.15. The molecule has 1 aromatic heterocycles. The predicted molar refractivity (Wildman–Crippen MR) is 112 cm³/mol. The monoisotopic (exact) mass is 354 g/mol. The minimum Gasteiger partial charge on any atom is -0.334 e. The van der Waals surface area contributed by atoms with Gasteiger partial charge in [-0.15, -0.1) is 0 Å². The van der Waals surface area contributed by atoms with E-state index < -0.39 is 0 Å². The van der Waals surface area contributed by atoms with Crippen molar-refractivity contribution in [2.24, 2.45) is 5.92 Å². The van der Waals surface area contributed by atoms with E-state index >= 15 is 0 Å². The SMILES string of the molecule is CCCCCCCCCC(C(CCC)Cc1ccccc1)n1ccnc1. The van der Waals surface area contributed by atoms with Gasteiger partial charge in [0.15, 0.2) is 0 Å². The van der Waals surface area contributed by atoms with Gasteiger partial charge < -0.3 is 4.57 Å². The Bertz CT molecular complexity index is 547. The summed E-state index contributed by atoms with van der Waals surface area (Å²) < 4.78 is 2.38. The van der Waals surface area contributed by atoms with Crippen LogP contribution in [0.3, 0.4) is 0 Å². The molecular weight excluding hydrogens is 316 g/mol. The molecular formula is C24H38N2. The molecule has 2 rings (SSSR count).